The van der Waals surface area contributed by atoms with Gasteiger partial charge in [0.05, 0.1) is 16.8 Å². The van der Waals surface area contributed by atoms with E-state index in [2.05, 4.69) is 23.9 Å². The molecule has 0 amide bonds. The van der Waals surface area contributed by atoms with Crippen molar-refractivity contribution >= 4 is 11.3 Å². The van der Waals surface area contributed by atoms with Gasteiger partial charge in [-0.3, -0.25) is 4.68 Å². The number of aromatic nitrogens is 3. The zero-order chi connectivity index (χ0) is 13.1. The summed E-state index contributed by atoms with van der Waals surface area (Å²) in [5.41, 5.74) is 1.95. The van der Waals surface area contributed by atoms with Crippen LogP contribution in [0.15, 0.2) is 17.6 Å². The molecule has 1 unspecified atom stereocenters. The van der Waals surface area contributed by atoms with E-state index < -0.39 is 6.10 Å². The molecule has 0 spiro atoms. The molecule has 2 heterocycles. The van der Waals surface area contributed by atoms with Gasteiger partial charge in [0.25, 0.3) is 0 Å². The molecule has 0 bridgehead atoms. The Kier molecular flexibility index (Phi) is 4.14. The molecule has 0 aliphatic heterocycles. The summed E-state index contributed by atoms with van der Waals surface area (Å²) in [6.07, 6.45) is 2.73. The lowest BCUT2D eigenvalue weighted by molar-refractivity contribution is 0.173. The van der Waals surface area contributed by atoms with E-state index in [9.17, 15) is 5.11 Å². The molecule has 5 heteroatoms. The Balaban J connectivity index is 1.92. The fourth-order valence-electron chi connectivity index (χ4n) is 1.79. The standard InChI is InChI=1S/C13H19N3OS/c1-9(2)16-5-4-11(15-16)6-12(17)7-13-14-10(3)8-18-13/h4-5,8-9,12,17H,6-7H2,1-3H3. The van der Waals surface area contributed by atoms with E-state index >= 15 is 0 Å². The summed E-state index contributed by atoms with van der Waals surface area (Å²) in [4.78, 5) is 4.36. The van der Waals surface area contributed by atoms with Crippen LogP contribution in [0.25, 0.3) is 0 Å². The summed E-state index contributed by atoms with van der Waals surface area (Å²) in [5, 5.41) is 17.5. The second-order valence-corrected chi connectivity index (χ2v) is 5.77. The van der Waals surface area contributed by atoms with E-state index in [1.165, 1.54) is 0 Å². The van der Waals surface area contributed by atoms with Crippen molar-refractivity contribution < 1.29 is 5.11 Å². The molecule has 0 fully saturated rings. The first-order valence-electron chi connectivity index (χ1n) is 6.17. The first-order chi connectivity index (χ1) is 8.54. The number of aliphatic hydroxyl groups excluding tert-OH is 1. The molecule has 2 aromatic heterocycles. The van der Waals surface area contributed by atoms with E-state index in [1.54, 1.807) is 11.3 Å². The highest BCUT2D eigenvalue weighted by molar-refractivity contribution is 7.09. The highest BCUT2D eigenvalue weighted by Crippen LogP contribution is 2.13. The Morgan fingerprint density at radius 1 is 1.39 bits per heavy atom. The SMILES string of the molecule is Cc1csc(CC(O)Cc2ccn(C(C)C)n2)n1. The van der Waals surface area contributed by atoms with Crippen molar-refractivity contribution in [3.05, 3.63) is 34.0 Å². The van der Waals surface area contributed by atoms with E-state index in [0.717, 1.165) is 16.4 Å². The van der Waals surface area contributed by atoms with Crippen LogP contribution in [-0.2, 0) is 12.8 Å². The fraction of sp³-hybridized carbons (Fsp3) is 0.538. The Morgan fingerprint density at radius 2 is 2.17 bits per heavy atom. The number of hydrogen-bond donors (Lipinski definition) is 1. The van der Waals surface area contributed by atoms with Crippen LogP contribution >= 0.6 is 11.3 Å². The molecule has 2 aromatic rings. The number of nitrogens with zero attached hydrogens (tertiary/aromatic N) is 3. The van der Waals surface area contributed by atoms with E-state index in [1.807, 2.05) is 29.2 Å². The fourth-order valence-corrected chi connectivity index (χ4v) is 2.63. The van der Waals surface area contributed by atoms with Crippen molar-refractivity contribution in [1.82, 2.24) is 14.8 Å². The zero-order valence-corrected chi connectivity index (χ0v) is 11.8. The molecule has 0 aliphatic carbocycles. The largest absolute Gasteiger partial charge is 0.392 e. The summed E-state index contributed by atoms with van der Waals surface area (Å²) in [6, 6.07) is 2.33. The average molecular weight is 265 g/mol. The van der Waals surface area contributed by atoms with Crippen LogP contribution in [0, 0.1) is 6.92 Å². The first kappa shape index (κ1) is 13.2. The number of rotatable bonds is 5. The molecule has 0 aromatic carbocycles. The van der Waals surface area contributed by atoms with Crippen LogP contribution in [-0.4, -0.2) is 26.0 Å². The molecule has 4 nitrogen and oxygen atoms in total. The second-order valence-electron chi connectivity index (χ2n) is 4.83. The van der Waals surface area contributed by atoms with Crippen molar-refractivity contribution in [3.8, 4) is 0 Å². The lowest BCUT2D eigenvalue weighted by Crippen LogP contribution is -2.14. The number of aliphatic hydroxyl groups is 1. The maximum absolute atomic E-state index is 10.0. The average Bonchev–Trinajstić information content (AvgIpc) is 2.88. The van der Waals surface area contributed by atoms with Gasteiger partial charge in [0.1, 0.15) is 0 Å². The van der Waals surface area contributed by atoms with Crippen molar-refractivity contribution in [2.75, 3.05) is 0 Å². The van der Waals surface area contributed by atoms with Crippen molar-refractivity contribution in [1.29, 1.82) is 0 Å². The third-order valence-corrected chi connectivity index (χ3v) is 3.70. The van der Waals surface area contributed by atoms with Gasteiger partial charge in [-0.25, -0.2) is 4.98 Å². The van der Waals surface area contributed by atoms with Crippen LogP contribution in [0.1, 0.15) is 36.3 Å². The molecule has 0 saturated heterocycles. The molecule has 1 atom stereocenters. The predicted molar refractivity (Wildman–Crippen MR) is 72.9 cm³/mol. The minimum absolute atomic E-state index is 0.359. The normalized spacial score (nSPS) is 13.2. The van der Waals surface area contributed by atoms with Gasteiger partial charge in [0.2, 0.25) is 0 Å². The molecule has 0 saturated carbocycles. The number of hydrogen-bond acceptors (Lipinski definition) is 4. The molecule has 98 valence electrons. The highest BCUT2D eigenvalue weighted by atomic mass is 32.1. The highest BCUT2D eigenvalue weighted by Gasteiger charge is 2.11. The monoisotopic (exact) mass is 265 g/mol. The Hall–Kier alpha value is -1.20. The van der Waals surface area contributed by atoms with E-state index in [0.29, 0.717) is 18.9 Å². The maximum atomic E-state index is 10.0. The zero-order valence-electron chi connectivity index (χ0n) is 11.0. The molecule has 1 N–H and O–H groups in total. The Bertz CT molecular complexity index is 504. The van der Waals surface area contributed by atoms with Gasteiger partial charge in [-0.1, -0.05) is 0 Å². The second kappa shape index (κ2) is 5.63. The van der Waals surface area contributed by atoms with Crippen molar-refractivity contribution in [2.45, 2.75) is 45.8 Å². The van der Waals surface area contributed by atoms with Crippen molar-refractivity contribution in [3.63, 3.8) is 0 Å². The third kappa shape index (κ3) is 3.40. The number of thiazole rings is 1. The third-order valence-electron chi connectivity index (χ3n) is 2.71. The van der Waals surface area contributed by atoms with E-state index in [4.69, 9.17) is 0 Å². The van der Waals surface area contributed by atoms with Crippen LogP contribution in [0.4, 0.5) is 0 Å². The minimum Gasteiger partial charge on any atom is -0.392 e. The molecular formula is C13H19N3OS. The van der Waals surface area contributed by atoms with Crippen molar-refractivity contribution in [2.24, 2.45) is 0 Å². The topological polar surface area (TPSA) is 50.9 Å². The van der Waals surface area contributed by atoms with Crippen LogP contribution in [0.2, 0.25) is 0 Å². The van der Waals surface area contributed by atoms with Crippen LogP contribution in [0.5, 0.6) is 0 Å². The van der Waals surface area contributed by atoms with Gasteiger partial charge in [0.15, 0.2) is 0 Å². The van der Waals surface area contributed by atoms with E-state index in [-0.39, 0.29) is 0 Å². The quantitative estimate of drug-likeness (QED) is 0.903. The summed E-state index contributed by atoms with van der Waals surface area (Å²) in [5.74, 6) is 0. The molecule has 0 aliphatic rings. The summed E-state index contributed by atoms with van der Waals surface area (Å²) in [6.45, 7) is 6.15. The van der Waals surface area contributed by atoms with Gasteiger partial charge in [-0.2, -0.15) is 5.10 Å². The predicted octanol–water partition coefficient (Wildman–Crippen LogP) is 2.38. The maximum Gasteiger partial charge on any atom is 0.0954 e. The van der Waals surface area contributed by atoms with Gasteiger partial charge in [-0.15, -0.1) is 11.3 Å². The molecule has 0 radical (unpaired) electrons. The molecular weight excluding hydrogens is 246 g/mol. The molecule has 2 rings (SSSR count). The van der Waals surface area contributed by atoms with Gasteiger partial charge >= 0.3 is 0 Å². The summed E-state index contributed by atoms with van der Waals surface area (Å²) >= 11 is 1.60. The summed E-state index contributed by atoms with van der Waals surface area (Å²) < 4.78 is 1.91. The Morgan fingerprint density at radius 3 is 2.72 bits per heavy atom. The summed E-state index contributed by atoms with van der Waals surface area (Å²) in [7, 11) is 0. The lowest BCUT2D eigenvalue weighted by atomic mass is 10.1. The Labute approximate surface area is 111 Å². The minimum atomic E-state index is -0.411. The van der Waals surface area contributed by atoms with Gasteiger partial charge < -0.3 is 5.11 Å². The lowest BCUT2D eigenvalue weighted by Gasteiger charge is -2.07. The van der Waals surface area contributed by atoms with Crippen LogP contribution in [0.3, 0.4) is 0 Å². The first-order valence-corrected chi connectivity index (χ1v) is 7.05. The smallest absolute Gasteiger partial charge is 0.0954 e. The van der Waals surface area contributed by atoms with Gasteiger partial charge in [-0.05, 0) is 26.8 Å². The molecule has 18 heavy (non-hydrogen) atoms. The van der Waals surface area contributed by atoms with Crippen LogP contribution < -0.4 is 0 Å². The number of aryl methyl sites for hydroxylation is 1. The van der Waals surface area contributed by atoms with Gasteiger partial charge in [0, 0.05) is 36.2 Å².